The van der Waals surface area contributed by atoms with Crippen molar-refractivity contribution in [3.63, 3.8) is 0 Å². The van der Waals surface area contributed by atoms with Gasteiger partial charge in [-0.1, -0.05) is 12.1 Å². The van der Waals surface area contributed by atoms with Crippen molar-refractivity contribution >= 4 is 12.0 Å². The molecule has 1 aromatic carbocycles. The maximum atomic E-state index is 12.5. The molecule has 0 aromatic heterocycles. The van der Waals surface area contributed by atoms with E-state index in [0.29, 0.717) is 18.4 Å². The van der Waals surface area contributed by atoms with E-state index in [1.807, 2.05) is 0 Å². The summed E-state index contributed by atoms with van der Waals surface area (Å²) in [5.41, 5.74) is -1.28. The highest BCUT2D eigenvalue weighted by Gasteiger charge is 2.34. The first-order valence-corrected chi connectivity index (χ1v) is 6.64. The monoisotopic (exact) mass is 299 g/mol. The third-order valence-electron chi connectivity index (χ3n) is 3.52. The van der Waals surface area contributed by atoms with Crippen molar-refractivity contribution in [1.82, 2.24) is 5.32 Å². The fourth-order valence-corrected chi connectivity index (χ4v) is 2.06. The Morgan fingerprint density at radius 3 is 2.67 bits per heavy atom. The maximum Gasteiger partial charge on any atom is 0.416 e. The Hall–Kier alpha value is -1.82. The highest BCUT2D eigenvalue weighted by molar-refractivity contribution is 5.91. The first-order chi connectivity index (χ1) is 9.78. The summed E-state index contributed by atoms with van der Waals surface area (Å²) in [6.07, 6.45) is 0.328. The van der Waals surface area contributed by atoms with Crippen LogP contribution < -0.4 is 5.32 Å². The van der Waals surface area contributed by atoms with Gasteiger partial charge in [0.2, 0.25) is 5.91 Å². The lowest BCUT2D eigenvalue weighted by atomic mass is 9.80. The van der Waals surface area contributed by atoms with Gasteiger partial charge in [0.05, 0.1) is 11.2 Å². The summed E-state index contributed by atoms with van der Waals surface area (Å²) < 4.78 is 37.6. The van der Waals surface area contributed by atoms with Gasteiger partial charge in [-0.15, -0.1) is 0 Å². The molecule has 1 saturated carbocycles. The minimum Gasteiger partial charge on any atom is -0.388 e. The second-order valence-corrected chi connectivity index (χ2v) is 5.25. The smallest absolute Gasteiger partial charge is 0.388 e. The number of rotatable bonds is 4. The van der Waals surface area contributed by atoms with Crippen LogP contribution in [-0.2, 0) is 11.0 Å². The Morgan fingerprint density at radius 2 is 2.10 bits per heavy atom. The summed E-state index contributed by atoms with van der Waals surface area (Å²) >= 11 is 0. The van der Waals surface area contributed by atoms with Crippen LogP contribution in [-0.4, -0.2) is 23.2 Å². The van der Waals surface area contributed by atoms with Crippen molar-refractivity contribution in [3.05, 3.63) is 41.5 Å². The fourth-order valence-electron chi connectivity index (χ4n) is 2.06. The zero-order valence-corrected chi connectivity index (χ0v) is 11.3. The number of hydrogen-bond donors (Lipinski definition) is 2. The first-order valence-electron chi connectivity index (χ1n) is 6.64. The molecule has 0 radical (unpaired) electrons. The van der Waals surface area contributed by atoms with Crippen LogP contribution in [0.3, 0.4) is 0 Å². The molecule has 1 aliphatic carbocycles. The molecule has 114 valence electrons. The van der Waals surface area contributed by atoms with Crippen LogP contribution >= 0.6 is 0 Å². The molecule has 0 atom stereocenters. The zero-order valence-electron chi connectivity index (χ0n) is 11.3. The van der Waals surface area contributed by atoms with Crippen molar-refractivity contribution in [2.45, 2.75) is 31.0 Å². The van der Waals surface area contributed by atoms with Gasteiger partial charge in [0.15, 0.2) is 0 Å². The normalized spacial score (nSPS) is 17.5. The number of carbonyl (C=O) groups is 1. The summed E-state index contributed by atoms with van der Waals surface area (Å²) in [7, 11) is 0. The molecule has 3 nitrogen and oxygen atoms in total. The molecule has 0 aliphatic heterocycles. The molecule has 1 fully saturated rings. The summed E-state index contributed by atoms with van der Waals surface area (Å²) in [5.74, 6) is -0.437. The van der Waals surface area contributed by atoms with Crippen LogP contribution in [0.1, 0.15) is 30.4 Å². The second-order valence-electron chi connectivity index (χ2n) is 5.25. The van der Waals surface area contributed by atoms with Crippen LogP contribution in [0.4, 0.5) is 13.2 Å². The van der Waals surface area contributed by atoms with Gasteiger partial charge < -0.3 is 10.4 Å². The second kappa shape index (κ2) is 5.89. The van der Waals surface area contributed by atoms with Crippen molar-refractivity contribution in [2.75, 3.05) is 6.54 Å². The molecule has 6 heteroatoms. The number of amides is 1. The molecule has 0 unspecified atom stereocenters. The fraction of sp³-hybridized carbons (Fsp3) is 0.400. The Bertz CT molecular complexity index is 548. The van der Waals surface area contributed by atoms with Crippen molar-refractivity contribution in [3.8, 4) is 0 Å². The minimum atomic E-state index is -4.40. The lowest BCUT2D eigenvalue weighted by molar-refractivity contribution is -0.137. The van der Waals surface area contributed by atoms with Gasteiger partial charge in [0, 0.05) is 12.6 Å². The van der Waals surface area contributed by atoms with E-state index in [1.54, 1.807) is 0 Å². The van der Waals surface area contributed by atoms with Crippen LogP contribution in [0.15, 0.2) is 30.3 Å². The van der Waals surface area contributed by atoms with E-state index >= 15 is 0 Å². The molecular weight excluding hydrogens is 283 g/mol. The van der Waals surface area contributed by atoms with E-state index < -0.39 is 23.2 Å². The van der Waals surface area contributed by atoms with Gasteiger partial charge in [-0.05, 0) is 43.0 Å². The van der Waals surface area contributed by atoms with Gasteiger partial charge in [0.1, 0.15) is 0 Å². The van der Waals surface area contributed by atoms with E-state index in [2.05, 4.69) is 5.32 Å². The van der Waals surface area contributed by atoms with E-state index in [9.17, 15) is 23.1 Å². The third kappa shape index (κ3) is 4.32. The van der Waals surface area contributed by atoms with Crippen LogP contribution in [0.2, 0.25) is 0 Å². The van der Waals surface area contributed by atoms with Crippen molar-refractivity contribution in [2.24, 2.45) is 0 Å². The standard InChI is InChI=1S/C15H16F3NO2/c16-15(17,18)12-4-1-3-11(9-12)5-6-13(20)19-10-14(21)7-2-8-14/h1,3-6,9,21H,2,7-8,10H2,(H,19,20). The van der Waals surface area contributed by atoms with Crippen LogP contribution in [0.5, 0.6) is 0 Å². The van der Waals surface area contributed by atoms with Gasteiger partial charge in [-0.25, -0.2) is 0 Å². The van der Waals surface area contributed by atoms with Gasteiger partial charge >= 0.3 is 6.18 Å². The Morgan fingerprint density at radius 1 is 1.38 bits per heavy atom. The third-order valence-corrected chi connectivity index (χ3v) is 3.52. The van der Waals surface area contributed by atoms with Gasteiger partial charge in [-0.3, -0.25) is 4.79 Å². The van der Waals surface area contributed by atoms with E-state index in [0.717, 1.165) is 24.6 Å². The van der Waals surface area contributed by atoms with Gasteiger partial charge in [-0.2, -0.15) is 13.2 Å². The molecule has 0 saturated heterocycles. The predicted molar refractivity (Wildman–Crippen MR) is 72.3 cm³/mol. The summed E-state index contributed by atoms with van der Waals surface area (Å²) in [6, 6.07) is 4.72. The van der Waals surface area contributed by atoms with Crippen molar-refractivity contribution in [1.29, 1.82) is 0 Å². The summed E-state index contributed by atoms with van der Waals surface area (Å²) in [5, 5.41) is 12.3. The maximum absolute atomic E-state index is 12.5. The number of alkyl halides is 3. The van der Waals surface area contributed by atoms with E-state index in [1.165, 1.54) is 18.2 Å². The molecule has 1 amide bonds. The zero-order chi connectivity index (χ0) is 15.5. The molecule has 0 bridgehead atoms. The number of hydrogen-bond acceptors (Lipinski definition) is 2. The topological polar surface area (TPSA) is 49.3 Å². The number of nitrogens with one attached hydrogen (secondary N) is 1. The Kier molecular flexibility index (Phi) is 4.37. The Balaban J connectivity index is 1.92. The molecule has 1 aromatic rings. The van der Waals surface area contributed by atoms with Crippen LogP contribution in [0, 0.1) is 0 Å². The average Bonchev–Trinajstić information content (AvgIpc) is 2.40. The summed E-state index contributed by atoms with van der Waals surface area (Å²) in [4.78, 5) is 11.6. The largest absolute Gasteiger partial charge is 0.416 e. The first kappa shape index (κ1) is 15.6. The van der Waals surface area contributed by atoms with E-state index in [-0.39, 0.29) is 6.54 Å². The molecule has 21 heavy (non-hydrogen) atoms. The number of carbonyl (C=O) groups excluding carboxylic acids is 1. The molecule has 0 spiro atoms. The molecule has 1 aliphatic rings. The van der Waals surface area contributed by atoms with Crippen molar-refractivity contribution < 1.29 is 23.1 Å². The lowest BCUT2D eigenvalue weighted by Gasteiger charge is -2.36. The molecule has 0 heterocycles. The van der Waals surface area contributed by atoms with Crippen LogP contribution in [0.25, 0.3) is 6.08 Å². The number of benzene rings is 1. The Labute approximate surface area is 120 Å². The molecule has 2 rings (SSSR count). The van der Waals surface area contributed by atoms with Gasteiger partial charge in [0.25, 0.3) is 0 Å². The minimum absolute atomic E-state index is 0.165. The predicted octanol–water partition coefficient (Wildman–Crippen LogP) is 2.75. The van der Waals surface area contributed by atoms with E-state index in [4.69, 9.17) is 0 Å². The number of aliphatic hydroxyl groups is 1. The highest BCUT2D eigenvalue weighted by Crippen LogP contribution is 2.31. The number of halogens is 3. The summed E-state index contributed by atoms with van der Waals surface area (Å²) in [6.45, 7) is 0.165. The SMILES string of the molecule is O=C(C=Cc1cccc(C(F)(F)F)c1)NCC1(O)CCC1. The highest BCUT2D eigenvalue weighted by atomic mass is 19.4. The quantitative estimate of drug-likeness (QED) is 0.840. The molecule has 2 N–H and O–H groups in total. The average molecular weight is 299 g/mol. The lowest BCUT2D eigenvalue weighted by Crippen LogP contribution is -2.47. The molecular formula is C15H16F3NO2.